The molecule has 82 heavy (non-hydrogen) atoms. The van der Waals surface area contributed by atoms with Gasteiger partial charge in [0.25, 0.3) is 0 Å². The normalized spacial score (nSPS) is 11.3. The van der Waals surface area contributed by atoms with E-state index in [9.17, 15) is 10.2 Å². The number of rotatable bonds is 13. The van der Waals surface area contributed by atoms with Crippen LogP contribution in [0.1, 0.15) is 0 Å². The van der Waals surface area contributed by atoms with Gasteiger partial charge in [-0.1, -0.05) is 170 Å². The maximum absolute atomic E-state index is 10.3. The van der Waals surface area contributed by atoms with E-state index in [0.717, 1.165) is 112 Å². The predicted octanol–water partition coefficient (Wildman–Crippen LogP) is 21.3. The Bertz CT molecular complexity index is 4270. The van der Waals surface area contributed by atoms with Crippen LogP contribution in [0, 0.1) is 0 Å². The Kier molecular flexibility index (Phi) is 12.8. The van der Waals surface area contributed by atoms with Crippen LogP contribution in [-0.2, 0) is 0 Å². The highest BCUT2D eigenvalue weighted by molar-refractivity contribution is 6.03. The summed E-state index contributed by atoms with van der Waals surface area (Å²) in [5, 5.41) is 29.9. The molecule has 6 heteroatoms. The van der Waals surface area contributed by atoms with Crippen molar-refractivity contribution in [3.63, 3.8) is 0 Å². The first-order valence-corrected chi connectivity index (χ1v) is 27.6. The lowest BCUT2D eigenvalue weighted by molar-refractivity contribution is 0.475. The third-order valence-corrected chi connectivity index (χ3v) is 15.6. The molecule has 0 amide bonds. The van der Waals surface area contributed by atoms with Crippen LogP contribution in [0.3, 0.4) is 0 Å². The van der Waals surface area contributed by atoms with E-state index in [2.05, 4.69) is 287 Å². The molecular weight excluding hydrogens is 1000 g/mol. The summed E-state index contributed by atoms with van der Waals surface area (Å²) in [5.41, 5.74) is 14.4. The second kappa shape index (κ2) is 21.3. The van der Waals surface area contributed by atoms with Crippen LogP contribution in [0.25, 0.3) is 54.2 Å². The van der Waals surface area contributed by atoms with Gasteiger partial charge in [0, 0.05) is 67.0 Å². The molecule has 0 radical (unpaired) electrons. The van der Waals surface area contributed by atoms with Crippen LogP contribution in [0.5, 0.6) is 11.5 Å². The zero-order chi connectivity index (χ0) is 54.9. The Hall–Kier alpha value is -11.1. The van der Waals surface area contributed by atoms with E-state index in [1.165, 1.54) is 10.8 Å². The van der Waals surface area contributed by atoms with Crippen LogP contribution in [0.4, 0.5) is 68.2 Å². The van der Waals surface area contributed by atoms with Crippen molar-refractivity contribution in [2.75, 3.05) is 19.6 Å². The van der Waals surface area contributed by atoms with E-state index in [1.54, 1.807) is 24.3 Å². The molecule has 0 atom stereocenters. The van der Waals surface area contributed by atoms with Crippen molar-refractivity contribution in [2.45, 2.75) is 0 Å². The highest BCUT2D eigenvalue weighted by Crippen LogP contribution is 2.46. The number of phenols is 2. The van der Waals surface area contributed by atoms with Crippen molar-refractivity contribution in [1.82, 2.24) is 0 Å². The lowest BCUT2D eigenvalue weighted by atomic mass is 10.0. The number of phenolic OH excluding ortho intramolecular Hbond substituents is 2. The zero-order valence-electron chi connectivity index (χ0n) is 44.7. The summed E-state index contributed by atoms with van der Waals surface area (Å²) >= 11 is 0. The maximum atomic E-state index is 10.3. The van der Waals surface area contributed by atoms with E-state index < -0.39 is 0 Å². The molecule has 14 aromatic carbocycles. The average molecular weight is 1060 g/mol. The van der Waals surface area contributed by atoms with Crippen molar-refractivity contribution in [1.29, 1.82) is 0 Å². The molecule has 2 N–H and O–H groups in total. The Morgan fingerprint density at radius 1 is 0.171 bits per heavy atom. The summed E-state index contributed by atoms with van der Waals surface area (Å²) in [7, 11) is 0. The lowest BCUT2D eigenvalue weighted by Gasteiger charge is -2.30. The Morgan fingerprint density at radius 2 is 0.354 bits per heavy atom. The molecule has 14 rings (SSSR count). The molecule has 0 aromatic heterocycles. The first kappa shape index (κ1) is 49.2. The van der Waals surface area contributed by atoms with Gasteiger partial charge in [-0.3, -0.25) is 0 Å². The van der Waals surface area contributed by atoms with Crippen LogP contribution in [0.2, 0.25) is 0 Å². The maximum Gasteiger partial charge on any atom is 0.115 e. The fraction of sp³-hybridized carbons (Fsp3) is 0. The molecule has 0 saturated carbocycles. The average Bonchev–Trinajstić information content (AvgIpc) is 3.64. The van der Waals surface area contributed by atoms with Crippen LogP contribution in [0.15, 0.2) is 315 Å². The van der Waals surface area contributed by atoms with E-state index in [4.69, 9.17) is 0 Å². The van der Waals surface area contributed by atoms with Crippen LogP contribution in [-0.4, -0.2) is 10.2 Å². The predicted molar refractivity (Wildman–Crippen MR) is 344 cm³/mol. The zero-order valence-corrected chi connectivity index (χ0v) is 44.7. The highest BCUT2D eigenvalue weighted by Gasteiger charge is 2.22. The third kappa shape index (κ3) is 9.30. The standard InChI is InChI=1S/C76H54N4O2/c81-67-49-45-65(46-50-67)79(75-27-11-19-57-15-3-7-23-71(57)75)63-41-37-61(38-42-63)77(73-25-9-17-55-13-1-5-21-69(55)73)59-33-29-53(30-34-59)54-31-35-60(36-32-54)78(74-26-10-18-56-14-2-6-22-70(56)74)62-39-43-64(44-40-62)80(66-47-51-68(82)52-48-66)76-28-12-20-58-16-4-8-24-72(58)76/h1-52,81-82H. The number of nitrogens with zero attached hydrogens (tertiary/aromatic N) is 4. The number of hydrogen-bond donors (Lipinski definition) is 2. The van der Waals surface area contributed by atoms with Gasteiger partial charge in [-0.15, -0.1) is 0 Å². The van der Waals surface area contributed by atoms with E-state index >= 15 is 0 Å². The third-order valence-electron chi connectivity index (χ3n) is 15.6. The summed E-state index contributed by atoms with van der Waals surface area (Å²) in [6, 6.07) is 110. The van der Waals surface area contributed by atoms with Gasteiger partial charge >= 0.3 is 0 Å². The van der Waals surface area contributed by atoms with Gasteiger partial charge in [-0.25, -0.2) is 0 Å². The van der Waals surface area contributed by atoms with Gasteiger partial charge in [-0.2, -0.15) is 0 Å². The molecule has 0 fully saturated rings. The summed E-state index contributed by atoms with van der Waals surface area (Å²) in [6.45, 7) is 0. The molecule has 0 unspecified atom stereocenters. The monoisotopic (exact) mass is 1050 g/mol. The molecule has 0 saturated heterocycles. The fourth-order valence-electron chi connectivity index (χ4n) is 11.6. The first-order chi connectivity index (χ1) is 40.5. The van der Waals surface area contributed by atoms with Gasteiger partial charge < -0.3 is 29.8 Å². The minimum atomic E-state index is 0.224. The second-order valence-electron chi connectivity index (χ2n) is 20.5. The summed E-state index contributed by atoms with van der Waals surface area (Å²) in [6.07, 6.45) is 0. The number of fused-ring (bicyclic) bond motifs is 4. The Morgan fingerprint density at radius 3 is 0.585 bits per heavy atom. The summed E-state index contributed by atoms with van der Waals surface area (Å²) in [4.78, 5) is 9.21. The van der Waals surface area contributed by atoms with Gasteiger partial charge in [0.05, 0.1) is 22.7 Å². The van der Waals surface area contributed by atoms with Crippen LogP contribution < -0.4 is 19.6 Å². The second-order valence-corrected chi connectivity index (χ2v) is 20.5. The van der Waals surface area contributed by atoms with Crippen molar-refractivity contribution < 1.29 is 10.2 Å². The van der Waals surface area contributed by atoms with Crippen LogP contribution >= 0.6 is 0 Å². The lowest BCUT2D eigenvalue weighted by Crippen LogP contribution is -2.13. The topological polar surface area (TPSA) is 53.4 Å². The van der Waals surface area contributed by atoms with E-state index in [0.29, 0.717) is 0 Å². The fourth-order valence-corrected chi connectivity index (χ4v) is 11.6. The largest absolute Gasteiger partial charge is 0.508 e. The molecule has 0 aliphatic heterocycles. The summed E-state index contributed by atoms with van der Waals surface area (Å²) < 4.78 is 0. The van der Waals surface area contributed by atoms with Crippen molar-refractivity contribution in [2.24, 2.45) is 0 Å². The minimum Gasteiger partial charge on any atom is -0.508 e. The number of anilines is 12. The molecular formula is C76H54N4O2. The van der Waals surface area contributed by atoms with Gasteiger partial charge in [0.1, 0.15) is 11.5 Å². The Balaban J connectivity index is 0.818. The summed E-state index contributed by atoms with van der Waals surface area (Å²) in [5.74, 6) is 0.447. The van der Waals surface area contributed by atoms with Gasteiger partial charge in [-0.05, 0) is 178 Å². The number of aromatic hydroxyl groups is 2. The van der Waals surface area contributed by atoms with Gasteiger partial charge in [0.2, 0.25) is 0 Å². The van der Waals surface area contributed by atoms with E-state index in [1.807, 2.05) is 24.3 Å². The smallest absolute Gasteiger partial charge is 0.115 e. The van der Waals surface area contributed by atoms with Crippen molar-refractivity contribution >= 4 is 111 Å². The molecule has 0 aliphatic rings. The molecule has 0 bridgehead atoms. The number of hydrogen-bond acceptors (Lipinski definition) is 6. The van der Waals surface area contributed by atoms with Crippen molar-refractivity contribution in [3.8, 4) is 22.6 Å². The minimum absolute atomic E-state index is 0.224. The highest BCUT2D eigenvalue weighted by atomic mass is 16.3. The molecule has 390 valence electrons. The molecule has 0 aliphatic carbocycles. The van der Waals surface area contributed by atoms with Gasteiger partial charge in [0.15, 0.2) is 0 Å². The quantitative estimate of drug-likeness (QED) is 0.120. The molecule has 14 aromatic rings. The number of benzene rings is 14. The molecule has 0 spiro atoms. The molecule has 0 heterocycles. The first-order valence-electron chi connectivity index (χ1n) is 27.6. The Labute approximate surface area is 476 Å². The SMILES string of the molecule is Oc1ccc(N(c2ccc(N(c3ccc(-c4ccc(N(c5ccc(N(c6ccc(O)cc6)c6cccc7ccccc67)cc5)c5cccc6ccccc56)cc4)cc3)c3cccc4ccccc34)cc2)c2cccc3ccccc23)cc1. The van der Waals surface area contributed by atoms with E-state index in [-0.39, 0.29) is 11.5 Å². The molecule has 6 nitrogen and oxygen atoms in total. The van der Waals surface area contributed by atoms with Crippen molar-refractivity contribution in [3.05, 3.63) is 315 Å².